The molecule has 3 nitrogen and oxygen atoms in total. The van der Waals surface area contributed by atoms with Crippen LogP contribution in [0.1, 0.15) is 28.8 Å². The molecule has 0 aliphatic carbocycles. The first-order valence-corrected chi connectivity index (χ1v) is 5.76. The molecule has 0 unspecified atom stereocenters. The molecule has 2 rings (SSSR count). The lowest BCUT2D eigenvalue weighted by molar-refractivity contribution is -0.120. The Morgan fingerprint density at radius 3 is 2.44 bits per heavy atom. The lowest BCUT2D eigenvalue weighted by Crippen LogP contribution is -2.39. The van der Waals surface area contributed by atoms with Crippen LogP contribution in [0.3, 0.4) is 0 Å². The van der Waals surface area contributed by atoms with Gasteiger partial charge in [-0.25, -0.2) is 8.78 Å². The van der Waals surface area contributed by atoms with Crippen molar-refractivity contribution in [2.75, 3.05) is 13.1 Å². The van der Waals surface area contributed by atoms with Crippen LogP contribution in [0.15, 0.2) is 12.1 Å². The molecule has 96 valence electrons. The Morgan fingerprint density at radius 1 is 1.22 bits per heavy atom. The van der Waals surface area contributed by atoms with Crippen LogP contribution >= 0.6 is 0 Å². The third-order valence-electron chi connectivity index (χ3n) is 3.11. The summed E-state index contributed by atoms with van der Waals surface area (Å²) in [4.78, 5) is 24.4. The Bertz CT molecular complexity index is 504. The average Bonchev–Trinajstić information content (AvgIpc) is 2.35. The van der Waals surface area contributed by atoms with Crippen molar-refractivity contribution in [3.63, 3.8) is 0 Å². The summed E-state index contributed by atoms with van der Waals surface area (Å²) >= 11 is 0. The molecule has 1 heterocycles. The number of carbonyl (C=O) groups excluding carboxylic acids is 2. The highest BCUT2D eigenvalue weighted by Gasteiger charge is 2.27. The van der Waals surface area contributed by atoms with Crippen LogP contribution < -0.4 is 0 Å². The maximum atomic E-state index is 13.8. The second kappa shape index (κ2) is 4.84. The third kappa shape index (κ3) is 2.25. The van der Waals surface area contributed by atoms with Crippen molar-refractivity contribution in [3.05, 3.63) is 34.9 Å². The molecular formula is C13H13F2NO2. The van der Waals surface area contributed by atoms with E-state index in [1.54, 1.807) is 0 Å². The van der Waals surface area contributed by atoms with E-state index in [9.17, 15) is 18.4 Å². The Hall–Kier alpha value is -1.78. The van der Waals surface area contributed by atoms with Gasteiger partial charge in [0.05, 0.1) is 0 Å². The number of nitrogens with zero attached hydrogens (tertiary/aromatic N) is 1. The van der Waals surface area contributed by atoms with E-state index in [0.29, 0.717) is 0 Å². The molecule has 1 fully saturated rings. The molecule has 18 heavy (non-hydrogen) atoms. The van der Waals surface area contributed by atoms with Gasteiger partial charge < -0.3 is 4.90 Å². The number of halogens is 2. The van der Waals surface area contributed by atoms with E-state index in [4.69, 9.17) is 0 Å². The van der Waals surface area contributed by atoms with Gasteiger partial charge in [-0.15, -0.1) is 0 Å². The van der Waals surface area contributed by atoms with Crippen molar-refractivity contribution in [3.8, 4) is 0 Å². The van der Waals surface area contributed by atoms with E-state index in [-0.39, 0.29) is 37.3 Å². The van der Waals surface area contributed by atoms with Crippen molar-refractivity contribution in [2.45, 2.75) is 19.8 Å². The predicted molar refractivity (Wildman–Crippen MR) is 61.2 cm³/mol. The summed E-state index contributed by atoms with van der Waals surface area (Å²) in [5.41, 5.74) is -0.294. The fourth-order valence-electron chi connectivity index (χ4n) is 1.97. The Balaban J connectivity index is 2.29. The van der Waals surface area contributed by atoms with Crippen molar-refractivity contribution in [1.82, 2.24) is 4.90 Å². The number of hydrogen-bond donors (Lipinski definition) is 0. The summed E-state index contributed by atoms with van der Waals surface area (Å²) in [7, 11) is 0. The van der Waals surface area contributed by atoms with Crippen molar-refractivity contribution in [2.24, 2.45) is 0 Å². The average molecular weight is 253 g/mol. The summed E-state index contributed by atoms with van der Waals surface area (Å²) in [6.07, 6.45) is 0.502. The molecule has 1 aromatic carbocycles. The number of amides is 1. The minimum Gasteiger partial charge on any atom is -0.338 e. The lowest BCUT2D eigenvalue weighted by atomic mass is 10.1. The van der Waals surface area contributed by atoms with Crippen molar-refractivity contribution in [1.29, 1.82) is 0 Å². The van der Waals surface area contributed by atoms with Gasteiger partial charge in [0, 0.05) is 25.9 Å². The van der Waals surface area contributed by atoms with E-state index in [1.807, 2.05) is 0 Å². The second-order valence-electron chi connectivity index (χ2n) is 4.38. The molecule has 0 aromatic heterocycles. The quantitative estimate of drug-likeness (QED) is 0.768. The van der Waals surface area contributed by atoms with E-state index in [1.165, 1.54) is 17.9 Å². The van der Waals surface area contributed by atoms with Crippen LogP contribution in [0.2, 0.25) is 0 Å². The van der Waals surface area contributed by atoms with Gasteiger partial charge in [0.1, 0.15) is 23.0 Å². The molecule has 5 heteroatoms. The highest BCUT2D eigenvalue weighted by Crippen LogP contribution is 2.19. The third-order valence-corrected chi connectivity index (χ3v) is 3.11. The number of piperidine rings is 1. The van der Waals surface area contributed by atoms with Crippen molar-refractivity contribution < 1.29 is 18.4 Å². The van der Waals surface area contributed by atoms with Gasteiger partial charge in [-0.1, -0.05) is 6.07 Å². The summed E-state index contributed by atoms with van der Waals surface area (Å²) in [6, 6.07) is 2.38. The van der Waals surface area contributed by atoms with E-state index < -0.39 is 23.1 Å². The van der Waals surface area contributed by atoms with E-state index >= 15 is 0 Å². The zero-order chi connectivity index (χ0) is 13.3. The van der Waals surface area contributed by atoms with Crippen LogP contribution in [0, 0.1) is 18.6 Å². The smallest absolute Gasteiger partial charge is 0.259 e. The number of rotatable bonds is 1. The molecule has 1 amide bonds. The van der Waals surface area contributed by atoms with Gasteiger partial charge >= 0.3 is 0 Å². The van der Waals surface area contributed by atoms with E-state index in [0.717, 1.165) is 6.07 Å². The number of carbonyl (C=O) groups is 2. The molecule has 1 aliphatic heterocycles. The summed E-state index contributed by atoms with van der Waals surface area (Å²) in [6.45, 7) is 1.93. The largest absolute Gasteiger partial charge is 0.338 e. The van der Waals surface area contributed by atoms with Gasteiger partial charge in [-0.05, 0) is 18.6 Å². The van der Waals surface area contributed by atoms with Crippen molar-refractivity contribution >= 4 is 11.7 Å². The van der Waals surface area contributed by atoms with E-state index in [2.05, 4.69) is 0 Å². The Kier molecular flexibility index (Phi) is 3.41. The van der Waals surface area contributed by atoms with Crippen LogP contribution in [-0.4, -0.2) is 29.7 Å². The van der Waals surface area contributed by atoms with Gasteiger partial charge in [0.2, 0.25) is 0 Å². The molecule has 0 spiro atoms. The normalized spacial score (nSPS) is 15.9. The first kappa shape index (κ1) is 12.7. The Labute approximate surface area is 103 Å². The molecule has 1 aromatic rings. The summed E-state index contributed by atoms with van der Waals surface area (Å²) in [5, 5.41) is 0. The first-order chi connectivity index (χ1) is 8.50. The maximum absolute atomic E-state index is 13.8. The SMILES string of the molecule is Cc1ccc(F)c(C(=O)N2CCC(=O)CC2)c1F. The fourth-order valence-corrected chi connectivity index (χ4v) is 1.97. The highest BCUT2D eigenvalue weighted by atomic mass is 19.1. The molecule has 0 radical (unpaired) electrons. The lowest BCUT2D eigenvalue weighted by Gasteiger charge is -2.26. The molecule has 0 N–H and O–H groups in total. The van der Waals surface area contributed by atoms with Gasteiger partial charge in [0.25, 0.3) is 5.91 Å². The molecule has 0 bridgehead atoms. The van der Waals surface area contributed by atoms with Gasteiger partial charge in [0.15, 0.2) is 0 Å². The van der Waals surface area contributed by atoms with Crippen LogP contribution in [0.25, 0.3) is 0 Å². The molecule has 0 atom stereocenters. The molecule has 1 aliphatic rings. The number of ketones is 1. The minimum atomic E-state index is -0.861. The summed E-state index contributed by atoms with van der Waals surface area (Å²) in [5.74, 6) is -2.29. The zero-order valence-electron chi connectivity index (χ0n) is 10.0. The molecular weight excluding hydrogens is 240 g/mol. The topological polar surface area (TPSA) is 37.4 Å². The monoisotopic (exact) mass is 253 g/mol. The van der Waals surface area contributed by atoms with Crippen LogP contribution in [0.5, 0.6) is 0 Å². The number of aryl methyl sites for hydroxylation is 1. The minimum absolute atomic E-state index is 0.0734. The number of likely N-dealkylation sites (tertiary alicyclic amines) is 1. The second-order valence-corrected chi connectivity index (χ2v) is 4.38. The molecule has 0 saturated carbocycles. The highest BCUT2D eigenvalue weighted by molar-refractivity contribution is 5.96. The zero-order valence-corrected chi connectivity index (χ0v) is 10.0. The number of Topliss-reactive ketones (excluding diaryl/α,β-unsaturated/α-hetero) is 1. The van der Waals surface area contributed by atoms with Gasteiger partial charge in [-0.3, -0.25) is 9.59 Å². The molecule has 1 saturated heterocycles. The van der Waals surface area contributed by atoms with Gasteiger partial charge in [-0.2, -0.15) is 0 Å². The number of benzene rings is 1. The predicted octanol–water partition coefficient (Wildman–Crippen LogP) is 2.08. The number of hydrogen-bond acceptors (Lipinski definition) is 2. The summed E-state index contributed by atoms with van der Waals surface area (Å²) < 4.78 is 27.3. The fraction of sp³-hybridized carbons (Fsp3) is 0.385. The standard InChI is InChI=1S/C13H13F2NO2/c1-8-2-3-10(14)11(12(8)15)13(18)16-6-4-9(17)5-7-16/h2-3H,4-7H2,1H3. The first-order valence-electron chi connectivity index (χ1n) is 5.76. The van der Waals surface area contributed by atoms with Crippen LogP contribution in [0.4, 0.5) is 8.78 Å². The maximum Gasteiger partial charge on any atom is 0.259 e. The Morgan fingerprint density at radius 2 is 1.83 bits per heavy atom. The van der Waals surface area contributed by atoms with Crippen LogP contribution in [-0.2, 0) is 4.79 Å².